The molecule has 1 unspecified atom stereocenters. The van der Waals surface area contributed by atoms with Gasteiger partial charge in [0.1, 0.15) is 5.82 Å². The third kappa shape index (κ3) is 5.45. The first kappa shape index (κ1) is 26.6. The van der Waals surface area contributed by atoms with Gasteiger partial charge in [-0.15, -0.1) is 10.2 Å². The Balaban J connectivity index is 1.39. The smallest absolute Gasteiger partial charge is 0.234 e. The molecule has 12 heteroatoms. The zero-order chi connectivity index (χ0) is 27.5. The molecule has 0 saturated carbocycles. The Morgan fingerprint density at radius 3 is 2.56 bits per heavy atom. The van der Waals surface area contributed by atoms with E-state index in [2.05, 4.69) is 37.5 Å². The highest BCUT2D eigenvalue weighted by atomic mass is 79.9. The second kappa shape index (κ2) is 11.4. The summed E-state index contributed by atoms with van der Waals surface area (Å²) in [6.07, 6.45) is 1.69. The Hall–Kier alpha value is -3.97. The van der Waals surface area contributed by atoms with Crippen LogP contribution < -0.4 is 16.0 Å². The average molecular weight is 619 g/mol. The van der Waals surface area contributed by atoms with Crippen LogP contribution in [-0.2, 0) is 9.59 Å². The van der Waals surface area contributed by atoms with Crippen LogP contribution in [0.5, 0.6) is 0 Å². The van der Waals surface area contributed by atoms with Gasteiger partial charge in [-0.3, -0.25) is 14.5 Å². The molecule has 2 aromatic carbocycles. The van der Waals surface area contributed by atoms with Crippen LogP contribution in [0, 0.1) is 22.7 Å². The quantitative estimate of drug-likeness (QED) is 0.355. The summed E-state index contributed by atoms with van der Waals surface area (Å²) in [5.41, 5.74) is 10.1. The van der Waals surface area contributed by atoms with E-state index < -0.39 is 5.92 Å². The van der Waals surface area contributed by atoms with Crippen LogP contribution in [0.2, 0.25) is 0 Å². The first-order chi connectivity index (χ1) is 18.9. The number of anilines is 2. The molecule has 9 nitrogen and oxygen atoms in total. The van der Waals surface area contributed by atoms with Gasteiger partial charge in [0.2, 0.25) is 11.0 Å². The summed E-state index contributed by atoms with van der Waals surface area (Å²) in [5, 5.41) is 30.8. The Morgan fingerprint density at radius 1 is 1.13 bits per heavy atom. The minimum atomic E-state index is -0.546. The van der Waals surface area contributed by atoms with Crippen LogP contribution in [0.4, 0.5) is 10.8 Å². The van der Waals surface area contributed by atoms with E-state index in [0.717, 1.165) is 15.7 Å². The number of amides is 1. The topological polar surface area (TPSA) is 149 Å². The average Bonchev–Trinajstić information content (AvgIpc) is 3.41. The molecule has 3 aromatic rings. The van der Waals surface area contributed by atoms with Crippen molar-refractivity contribution in [3.05, 3.63) is 86.8 Å². The maximum absolute atomic E-state index is 13.2. The molecule has 0 fully saturated rings. The molecule has 39 heavy (non-hydrogen) atoms. The van der Waals surface area contributed by atoms with Crippen LogP contribution in [0.1, 0.15) is 36.3 Å². The molecule has 3 N–H and O–H groups in total. The van der Waals surface area contributed by atoms with Gasteiger partial charge in [0.25, 0.3) is 0 Å². The second-order valence-electron chi connectivity index (χ2n) is 8.74. The number of nitrogens with one attached hydrogen (secondary N) is 1. The van der Waals surface area contributed by atoms with Gasteiger partial charge in [-0.05, 0) is 54.8 Å². The van der Waals surface area contributed by atoms with Gasteiger partial charge in [0, 0.05) is 27.9 Å². The molecule has 2 heterocycles. The molecular weight excluding hydrogens is 598 g/mol. The number of rotatable bonds is 6. The Kier molecular flexibility index (Phi) is 7.79. The van der Waals surface area contributed by atoms with Crippen LogP contribution in [0.15, 0.2) is 80.0 Å². The molecule has 1 atom stereocenters. The lowest BCUT2D eigenvalue weighted by molar-refractivity contribution is -0.116. The Bertz CT molecular complexity index is 1600. The van der Waals surface area contributed by atoms with Gasteiger partial charge in [-0.25, -0.2) is 0 Å². The van der Waals surface area contributed by atoms with Crippen molar-refractivity contribution in [3.63, 3.8) is 0 Å². The number of thioether (sulfide) groups is 1. The Labute approximate surface area is 241 Å². The van der Waals surface area contributed by atoms with Gasteiger partial charge in [-0.1, -0.05) is 51.2 Å². The monoisotopic (exact) mass is 617 g/mol. The second-order valence-corrected chi connectivity index (χ2v) is 11.8. The SMILES string of the molecule is N#CC1=C(N)N(c2nnc(SCC(=O)Nc3ccc(C#N)cc3)s2)C2=C(C(=O)CCC2)C1c1ccc(Br)cc1. The van der Waals surface area contributed by atoms with Gasteiger partial charge < -0.3 is 11.1 Å². The predicted molar refractivity (Wildman–Crippen MR) is 152 cm³/mol. The van der Waals surface area contributed by atoms with Crippen LogP contribution in [0.3, 0.4) is 0 Å². The van der Waals surface area contributed by atoms with E-state index in [0.29, 0.717) is 45.6 Å². The number of nitrogens with two attached hydrogens (primary N) is 1. The minimum absolute atomic E-state index is 0.00648. The molecule has 2 aliphatic rings. The van der Waals surface area contributed by atoms with E-state index in [4.69, 9.17) is 11.0 Å². The van der Waals surface area contributed by atoms with E-state index in [1.54, 1.807) is 29.2 Å². The number of nitrogens with zero attached hydrogens (tertiary/aromatic N) is 5. The first-order valence-electron chi connectivity index (χ1n) is 11.9. The van der Waals surface area contributed by atoms with E-state index >= 15 is 0 Å². The zero-order valence-electron chi connectivity index (χ0n) is 20.3. The normalized spacial score (nSPS) is 16.9. The summed E-state index contributed by atoms with van der Waals surface area (Å²) in [4.78, 5) is 27.3. The van der Waals surface area contributed by atoms with Crippen molar-refractivity contribution in [2.24, 2.45) is 5.73 Å². The van der Waals surface area contributed by atoms with Crippen molar-refractivity contribution < 1.29 is 9.59 Å². The first-order valence-corrected chi connectivity index (χ1v) is 14.5. The summed E-state index contributed by atoms with van der Waals surface area (Å²) < 4.78 is 1.44. The van der Waals surface area contributed by atoms with Crippen molar-refractivity contribution in [1.29, 1.82) is 10.5 Å². The third-order valence-corrected chi connectivity index (χ3v) is 8.90. The molecule has 5 rings (SSSR count). The number of aromatic nitrogens is 2. The van der Waals surface area contributed by atoms with Gasteiger partial charge in [0.15, 0.2) is 10.1 Å². The van der Waals surface area contributed by atoms with Gasteiger partial charge in [-0.2, -0.15) is 10.5 Å². The fourth-order valence-electron chi connectivity index (χ4n) is 4.60. The molecule has 0 radical (unpaired) electrons. The van der Waals surface area contributed by atoms with Crippen molar-refractivity contribution in [3.8, 4) is 12.1 Å². The number of carbonyl (C=O) groups is 2. The van der Waals surface area contributed by atoms with E-state index in [-0.39, 0.29) is 28.8 Å². The maximum Gasteiger partial charge on any atom is 0.234 e. The van der Waals surface area contributed by atoms with E-state index in [1.807, 2.05) is 30.3 Å². The number of carbonyl (C=O) groups excluding carboxylic acids is 2. The lowest BCUT2D eigenvalue weighted by atomic mass is 9.76. The lowest BCUT2D eigenvalue weighted by Gasteiger charge is -2.38. The van der Waals surface area contributed by atoms with E-state index in [1.165, 1.54) is 23.1 Å². The molecule has 0 bridgehead atoms. The number of benzene rings is 2. The fraction of sp³-hybridized carbons (Fsp3) is 0.185. The van der Waals surface area contributed by atoms with Gasteiger partial charge in [0.05, 0.1) is 34.9 Å². The summed E-state index contributed by atoms with van der Waals surface area (Å²) >= 11 is 5.90. The molecule has 1 aliphatic carbocycles. The van der Waals surface area contributed by atoms with Crippen LogP contribution in [-0.4, -0.2) is 27.6 Å². The van der Waals surface area contributed by atoms with Gasteiger partial charge >= 0.3 is 0 Å². The summed E-state index contributed by atoms with van der Waals surface area (Å²) in [6.45, 7) is 0. The van der Waals surface area contributed by atoms with Crippen LogP contribution in [0.25, 0.3) is 0 Å². The molecular formula is C27H20BrN7O2S2. The van der Waals surface area contributed by atoms with Crippen molar-refractivity contribution in [2.75, 3.05) is 16.0 Å². The van der Waals surface area contributed by atoms with Crippen molar-refractivity contribution in [2.45, 2.75) is 29.5 Å². The number of Topliss-reactive ketones (excluding diaryl/α,β-unsaturated/α-hetero) is 1. The number of halogens is 1. The highest BCUT2D eigenvalue weighted by Crippen LogP contribution is 2.47. The highest BCUT2D eigenvalue weighted by molar-refractivity contribution is 9.10. The number of hydrogen-bond acceptors (Lipinski definition) is 10. The summed E-state index contributed by atoms with van der Waals surface area (Å²) in [5.74, 6) is -0.458. The predicted octanol–water partition coefficient (Wildman–Crippen LogP) is 5.21. The summed E-state index contributed by atoms with van der Waals surface area (Å²) in [6, 6.07) is 18.4. The zero-order valence-corrected chi connectivity index (χ0v) is 23.6. The number of ketones is 1. The molecule has 194 valence electrons. The molecule has 1 aliphatic heterocycles. The van der Waals surface area contributed by atoms with Crippen LogP contribution >= 0.6 is 39.0 Å². The minimum Gasteiger partial charge on any atom is -0.384 e. The van der Waals surface area contributed by atoms with Crippen molar-refractivity contribution in [1.82, 2.24) is 10.2 Å². The number of hydrogen-bond donors (Lipinski definition) is 2. The number of allylic oxidation sites excluding steroid dienone is 3. The molecule has 1 aromatic heterocycles. The lowest BCUT2D eigenvalue weighted by Crippen LogP contribution is -2.38. The molecule has 0 saturated heterocycles. The van der Waals surface area contributed by atoms with Crippen molar-refractivity contribution >= 4 is 61.5 Å². The fourth-order valence-corrected chi connectivity index (χ4v) is 6.54. The number of nitriles is 2. The highest BCUT2D eigenvalue weighted by Gasteiger charge is 2.41. The third-order valence-electron chi connectivity index (χ3n) is 6.33. The summed E-state index contributed by atoms with van der Waals surface area (Å²) in [7, 11) is 0. The Morgan fingerprint density at radius 2 is 1.87 bits per heavy atom. The molecule has 0 spiro atoms. The largest absolute Gasteiger partial charge is 0.384 e. The standard InChI is InChI=1S/C27H20BrN7O2S2/c28-17-8-6-16(7-9-17)23-19(13-30)25(31)35(20-2-1-3-21(36)24(20)23)26-33-34-27(39-26)38-14-22(37)32-18-10-4-15(12-29)5-11-18/h4-11,23H,1-3,14,31H2,(H,32,37). The molecule has 1 amide bonds. The maximum atomic E-state index is 13.2. The van der Waals surface area contributed by atoms with E-state index in [9.17, 15) is 14.9 Å².